The van der Waals surface area contributed by atoms with E-state index in [0.29, 0.717) is 26.2 Å². The maximum atomic E-state index is 12.2. The van der Waals surface area contributed by atoms with E-state index in [9.17, 15) is 9.59 Å². The lowest BCUT2D eigenvalue weighted by molar-refractivity contribution is 0.0651. The third kappa shape index (κ3) is 3.01. The van der Waals surface area contributed by atoms with Crippen molar-refractivity contribution in [1.29, 1.82) is 0 Å². The molecule has 106 valence electrons. The molecule has 0 aromatic carbocycles. The molecule has 0 bridgehead atoms. The molecule has 2 amide bonds. The van der Waals surface area contributed by atoms with Crippen LogP contribution >= 0.6 is 27.3 Å². The van der Waals surface area contributed by atoms with Gasteiger partial charge in [-0.1, -0.05) is 39.0 Å². The quantitative estimate of drug-likeness (QED) is 0.428. The lowest BCUT2D eigenvalue weighted by atomic mass is 10.0. The second-order valence-electron chi connectivity index (χ2n) is 5.02. The zero-order valence-corrected chi connectivity index (χ0v) is 14.0. The van der Waals surface area contributed by atoms with Gasteiger partial charge in [0.15, 0.2) is 0 Å². The fourth-order valence-electron chi connectivity index (χ4n) is 2.44. The molecule has 2 heterocycles. The van der Waals surface area contributed by atoms with Gasteiger partial charge in [-0.15, -0.1) is 11.3 Å². The van der Waals surface area contributed by atoms with E-state index in [-0.39, 0.29) is 11.8 Å². The van der Waals surface area contributed by atoms with Gasteiger partial charge in [0.25, 0.3) is 11.8 Å². The summed E-state index contributed by atoms with van der Waals surface area (Å²) in [6, 6.07) is 0. The third-order valence-corrected chi connectivity index (χ3v) is 5.24. The Morgan fingerprint density at radius 3 is 2.30 bits per heavy atom. The Morgan fingerprint density at radius 2 is 1.65 bits per heavy atom. The summed E-state index contributed by atoms with van der Waals surface area (Å²) in [6.07, 6.45) is 6.78. The first-order valence-corrected chi connectivity index (χ1v) is 8.62. The van der Waals surface area contributed by atoms with Crippen molar-refractivity contribution in [2.45, 2.75) is 45.4 Å². The lowest BCUT2D eigenvalue weighted by Gasteiger charge is -2.14. The maximum Gasteiger partial charge on any atom is 0.263 e. The topological polar surface area (TPSA) is 37.4 Å². The number of hydrogen-bond donors (Lipinski definition) is 0. The van der Waals surface area contributed by atoms with Crippen molar-refractivity contribution in [3.8, 4) is 0 Å². The number of amides is 2. The van der Waals surface area contributed by atoms with Crippen molar-refractivity contribution in [1.82, 2.24) is 4.90 Å². The molecule has 0 saturated heterocycles. The maximum absolute atomic E-state index is 12.2. The second-order valence-corrected chi connectivity index (χ2v) is 7.39. The molecule has 0 atom stereocenters. The number of thiophene rings is 1. The second kappa shape index (κ2) is 6.90. The van der Waals surface area contributed by atoms with Gasteiger partial charge < -0.3 is 0 Å². The van der Waals surface area contributed by atoms with Crippen LogP contribution in [0.15, 0.2) is 3.79 Å². The molecule has 2 radical (unpaired) electrons. The molecule has 1 aromatic rings. The van der Waals surface area contributed by atoms with Crippen LogP contribution in [-0.4, -0.2) is 31.1 Å². The molecule has 1 aliphatic rings. The number of imide groups is 1. The number of carbonyl (C=O) groups is 2. The molecule has 0 spiro atoms. The highest BCUT2D eigenvalue weighted by atomic mass is 79.9. The Kier molecular flexibility index (Phi) is 5.44. The molecule has 0 N–H and O–H groups in total. The summed E-state index contributed by atoms with van der Waals surface area (Å²) in [6.45, 7) is 2.68. The van der Waals surface area contributed by atoms with Gasteiger partial charge in [-0.05, 0) is 27.1 Å². The minimum Gasteiger partial charge on any atom is -0.274 e. The number of halogens is 1. The predicted molar refractivity (Wildman–Crippen MR) is 86.2 cm³/mol. The molecule has 6 heteroatoms. The summed E-state index contributed by atoms with van der Waals surface area (Å²) in [7, 11) is 5.81. The van der Waals surface area contributed by atoms with Gasteiger partial charge in [-0.3, -0.25) is 14.5 Å². The summed E-state index contributed by atoms with van der Waals surface area (Å²) in [5.74, 6) is -0.448. The molecule has 3 nitrogen and oxygen atoms in total. The van der Waals surface area contributed by atoms with E-state index in [2.05, 4.69) is 22.9 Å². The highest BCUT2D eigenvalue weighted by Crippen LogP contribution is 2.33. The molecule has 0 saturated carbocycles. The van der Waals surface area contributed by atoms with E-state index in [0.717, 1.165) is 19.3 Å². The van der Waals surface area contributed by atoms with Gasteiger partial charge >= 0.3 is 0 Å². The number of nitrogens with zero attached hydrogens (tertiary/aromatic N) is 1. The monoisotopic (exact) mass is 353 g/mol. The summed E-state index contributed by atoms with van der Waals surface area (Å²) in [4.78, 5) is 25.8. The van der Waals surface area contributed by atoms with E-state index in [1.807, 2.05) is 0 Å². The van der Waals surface area contributed by atoms with E-state index in [4.69, 9.17) is 7.85 Å². The number of fused-ring (bicyclic) bond motifs is 1. The molecular formula is C14H17BBrNO2S. The normalized spacial score (nSPS) is 14.2. The number of carbonyl (C=O) groups excluding carboxylic acids is 2. The lowest BCUT2D eigenvalue weighted by Crippen LogP contribution is -2.32. The molecule has 1 aromatic heterocycles. The minimum atomic E-state index is -0.238. The van der Waals surface area contributed by atoms with Crippen LogP contribution in [0, 0.1) is 0 Å². The van der Waals surface area contributed by atoms with E-state index in [1.54, 1.807) is 0 Å². The average Bonchev–Trinajstić information content (AvgIpc) is 2.84. The zero-order valence-electron chi connectivity index (χ0n) is 11.6. The fourth-order valence-corrected chi connectivity index (χ4v) is 4.11. The molecule has 0 unspecified atom stereocenters. The van der Waals surface area contributed by atoms with Gasteiger partial charge in [0.05, 0.1) is 14.9 Å². The van der Waals surface area contributed by atoms with Crippen LogP contribution in [-0.2, 0) is 0 Å². The van der Waals surface area contributed by atoms with Crippen molar-refractivity contribution < 1.29 is 9.59 Å². The van der Waals surface area contributed by atoms with Crippen LogP contribution in [0.2, 0.25) is 0 Å². The largest absolute Gasteiger partial charge is 0.274 e. The van der Waals surface area contributed by atoms with Crippen LogP contribution in [0.25, 0.3) is 0 Å². The van der Waals surface area contributed by atoms with E-state index >= 15 is 0 Å². The standard InChI is InChI=1S/C14H17BBrNO2S/c1-2-3-4-5-6-7-8-17-13(18)9-10(14(17)19)12(16)20-11(9)15/h2-8H2,1H3. The van der Waals surface area contributed by atoms with Gasteiger partial charge in [0, 0.05) is 6.54 Å². The Labute approximate surface area is 133 Å². The van der Waals surface area contributed by atoms with E-state index < -0.39 is 0 Å². The first-order valence-electron chi connectivity index (χ1n) is 7.01. The molecule has 2 rings (SSSR count). The summed E-state index contributed by atoms with van der Waals surface area (Å²) >= 11 is 4.56. The summed E-state index contributed by atoms with van der Waals surface area (Å²) < 4.78 is 1.09. The van der Waals surface area contributed by atoms with Gasteiger partial charge in [0.1, 0.15) is 7.85 Å². The highest BCUT2D eigenvalue weighted by molar-refractivity contribution is 9.11. The third-order valence-electron chi connectivity index (χ3n) is 3.55. The Morgan fingerprint density at radius 1 is 1.05 bits per heavy atom. The Bertz CT molecular complexity index is 493. The van der Waals surface area contributed by atoms with Crippen LogP contribution in [0.5, 0.6) is 0 Å². The van der Waals surface area contributed by atoms with Gasteiger partial charge in [-0.2, -0.15) is 0 Å². The van der Waals surface area contributed by atoms with Crippen LogP contribution in [0.4, 0.5) is 0 Å². The van der Waals surface area contributed by atoms with Crippen molar-refractivity contribution in [2.24, 2.45) is 0 Å². The zero-order chi connectivity index (χ0) is 14.7. The molecule has 20 heavy (non-hydrogen) atoms. The molecule has 0 fully saturated rings. The Hall–Kier alpha value is -0.615. The first-order chi connectivity index (χ1) is 9.57. The van der Waals surface area contributed by atoms with Crippen molar-refractivity contribution >= 4 is 51.7 Å². The van der Waals surface area contributed by atoms with Gasteiger partial charge in [0.2, 0.25) is 0 Å². The molecule has 1 aliphatic heterocycles. The predicted octanol–water partition coefficient (Wildman–Crippen LogP) is 3.26. The highest BCUT2D eigenvalue weighted by Gasteiger charge is 2.39. The molecular weight excluding hydrogens is 337 g/mol. The van der Waals surface area contributed by atoms with Crippen molar-refractivity contribution in [2.75, 3.05) is 6.54 Å². The summed E-state index contributed by atoms with van der Waals surface area (Å²) in [5.41, 5.74) is 0.835. The molecule has 0 aliphatic carbocycles. The number of unbranched alkanes of at least 4 members (excludes halogenated alkanes) is 5. The first kappa shape index (κ1) is 15.8. The Balaban J connectivity index is 1.91. The van der Waals surface area contributed by atoms with E-state index in [1.165, 1.54) is 35.5 Å². The van der Waals surface area contributed by atoms with Crippen molar-refractivity contribution in [3.05, 3.63) is 14.9 Å². The van der Waals surface area contributed by atoms with Crippen molar-refractivity contribution in [3.63, 3.8) is 0 Å². The van der Waals surface area contributed by atoms with Crippen LogP contribution in [0.1, 0.15) is 66.2 Å². The summed E-state index contributed by atoms with van der Waals surface area (Å²) in [5, 5.41) is 0. The smallest absolute Gasteiger partial charge is 0.263 e. The van der Waals surface area contributed by atoms with Crippen LogP contribution in [0.3, 0.4) is 0 Å². The average molecular weight is 354 g/mol. The fraction of sp³-hybridized carbons (Fsp3) is 0.571. The number of hydrogen-bond acceptors (Lipinski definition) is 3. The SMILES string of the molecule is [B]c1sc(Br)c2c1C(=O)N(CCCCCCCC)C2=O. The minimum absolute atomic E-state index is 0.210. The van der Waals surface area contributed by atoms with Gasteiger partial charge in [-0.25, -0.2) is 0 Å². The van der Waals surface area contributed by atoms with Crippen LogP contribution < -0.4 is 4.78 Å². The number of rotatable bonds is 7.